The average molecular weight is 791 g/mol. The quantitative estimate of drug-likeness (QED) is 0.176. The van der Waals surface area contributed by atoms with E-state index in [0.29, 0.717) is 19.3 Å². The number of aliphatic hydroxyl groups excluding tert-OH is 5. The van der Waals surface area contributed by atoms with Crippen LogP contribution < -0.4 is 0 Å². The number of ether oxygens (including phenoxy) is 8. The molecule has 0 saturated carbocycles. The van der Waals surface area contributed by atoms with E-state index in [1.165, 1.54) is 0 Å². The second-order valence-corrected chi connectivity index (χ2v) is 17.7. The van der Waals surface area contributed by atoms with E-state index in [0.717, 1.165) is 0 Å². The smallest absolute Gasteiger partial charge is 0.313 e. The van der Waals surface area contributed by atoms with Crippen LogP contribution in [0.5, 0.6) is 0 Å². The fourth-order valence-corrected chi connectivity index (χ4v) is 9.67. The van der Waals surface area contributed by atoms with Crippen LogP contribution in [0.3, 0.4) is 0 Å². The summed E-state index contributed by atoms with van der Waals surface area (Å²) in [6, 6.07) is 0. The number of carbonyl (C=O) groups is 1. The van der Waals surface area contributed by atoms with Gasteiger partial charge in [-0.3, -0.25) is 4.79 Å². The summed E-state index contributed by atoms with van der Waals surface area (Å²) in [4.78, 5) is 13.7. The van der Waals surface area contributed by atoms with Gasteiger partial charge in [-0.2, -0.15) is 0 Å². The van der Waals surface area contributed by atoms with Crippen LogP contribution >= 0.6 is 0 Å². The van der Waals surface area contributed by atoms with Gasteiger partial charge in [0.1, 0.15) is 12.2 Å². The van der Waals surface area contributed by atoms with Crippen LogP contribution in [0.25, 0.3) is 0 Å². The Labute approximate surface area is 326 Å². The zero-order valence-electron chi connectivity index (χ0n) is 34.5. The molecule has 15 nitrogen and oxygen atoms in total. The fourth-order valence-electron chi connectivity index (χ4n) is 9.67. The molecule has 15 heteroatoms. The predicted octanol–water partition coefficient (Wildman–Crippen LogP) is 2.37. The number of esters is 1. The number of hydrogen-bond donors (Lipinski definition) is 6. The van der Waals surface area contributed by atoms with Gasteiger partial charge in [0.15, 0.2) is 18.4 Å². The third kappa shape index (κ3) is 9.09. The van der Waals surface area contributed by atoms with Crippen molar-refractivity contribution < 1.29 is 73.3 Å². The van der Waals surface area contributed by atoms with Gasteiger partial charge in [-0.05, 0) is 47.5 Å². The van der Waals surface area contributed by atoms with Crippen molar-refractivity contribution in [3.8, 4) is 0 Å². The minimum atomic E-state index is -1.43. The molecule has 23 atom stereocenters. The van der Waals surface area contributed by atoms with Crippen molar-refractivity contribution in [1.82, 2.24) is 0 Å². The van der Waals surface area contributed by atoms with Crippen LogP contribution in [0.1, 0.15) is 108 Å². The first-order valence-electron chi connectivity index (χ1n) is 20.6. The van der Waals surface area contributed by atoms with Gasteiger partial charge in [-0.15, -0.1) is 0 Å². The molecule has 0 amide bonds. The molecule has 5 aliphatic rings. The van der Waals surface area contributed by atoms with Gasteiger partial charge in [0.25, 0.3) is 0 Å². The minimum absolute atomic E-state index is 0.0430. The number of carbonyl (C=O) groups excluding carboxylic acids is 1. The van der Waals surface area contributed by atoms with Crippen molar-refractivity contribution in [2.45, 2.75) is 212 Å². The Balaban J connectivity index is 1.17. The summed E-state index contributed by atoms with van der Waals surface area (Å²) in [5.41, 5.74) is -1.34. The van der Waals surface area contributed by atoms with Crippen molar-refractivity contribution in [2.24, 2.45) is 35.5 Å². The van der Waals surface area contributed by atoms with Gasteiger partial charge in [-0.25, -0.2) is 0 Å². The molecule has 55 heavy (non-hydrogen) atoms. The molecular weight excluding hydrogens is 720 g/mol. The third-order valence-corrected chi connectivity index (χ3v) is 13.6. The molecule has 0 bridgehead atoms. The predicted molar refractivity (Wildman–Crippen MR) is 196 cm³/mol. The van der Waals surface area contributed by atoms with Crippen LogP contribution in [-0.2, 0) is 42.7 Å². The molecule has 0 aromatic rings. The minimum Gasteiger partial charge on any atom is -0.435 e. The Bertz CT molecular complexity index is 1250. The van der Waals surface area contributed by atoms with Gasteiger partial charge < -0.3 is 68.5 Å². The van der Waals surface area contributed by atoms with Gasteiger partial charge in [0.2, 0.25) is 6.29 Å². The lowest BCUT2D eigenvalue weighted by Crippen LogP contribution is -2.70. The number of aliphatic hydroxyl groups is 6. The molecule has 0 aliphatic carbocycles. The zero-order valence-corrected chi connectivity index (χ0v) is 34.5. The monoisotopic (exact) mass is 790 g/mol. The van der Waals surface area contributed by atoms with Crippen molar-refractivity contribution in [1.29, 1.82) is 0 Å². The maximum atomic E-state index is 13.7. The lowest BCUT2D eigenvalue weighted by Gasteiger charge is -2.60. The Morgan fingerprint density at radius 2 is 1.35 bits per heavy atom. The van der Waals surface area contributed by atoms with Crippen molar-refractivity contribution in [3.63, 3.8) is 0 Å². The standard InChI is InChI=1S/C40H70O15/c1-12-26(41)17(2)34-18(3)32(43)21(6)40(54-34)22(7)33(44)19(4)35(55-40)20(5)38(46)53-30-15-27(42)36(24(9)49-30)52-29-14-13-28(23(8)48-29)51-31-16-39(11,47)37(45)25(10)50-31/h17-37,41-45,47H,12-16H2,1-11H3/t17-,18+,19+,20-,21-,22+,23-,24-,25-,26-,27+,28+,29+,30+,31+,32-,33-,34-,35-,36-,37-,39-,40-/m0/s1. The Morgan fingerprint density at radius 1 is 0.782 bits per heavy atom. The van der Waals surface area contributed by atoms with Crippen molar-refractivity contribution in [3.05, 3.63) is 0 Å². The van der Waals surface area contributed by atoms with E-state index in [1.54, 1.807) is 27.7 Å². The SMILES string of the molecule is CC[C@H](O)[C@H](C)[C@@H]1O[C@]2(O[C@H]([C@H](C)C(=O)O[C@@H]3C[C@@H](O)[C@@H](O[C@@H]4CC[C@@H](O[C@@H]5C[C@](C)(O)[C@@H](O)[C@H](C)O5)[C@H](C)O4)[C@H](C)O3)[C@H](C)[C@H](O)[C@H]2C)[C@@H](C)[C@@H](O)[C@H]1C. The molecule has 0 unspecified atom stereocenters. The molecule has 5 saturated heterocycles. The van der Waals surface area contributed by atoms with Crippen LogP contribution in [-0.4, -0.2) is 140 Å². The molecule has 320 valence electrons. The van der Waals surface area contributed by atoms with Crippen LogP contribution in [0.15, 0.2) is 0 Å². The highest BCUT2D eigenvalue weighted by Crippen LogP contribution is 2.52. The fraction of sp³-hybridized carbons (Fsp3) is 0.975. The summed E-state index contributed by atoms with van der Waals surface area (Å²) in [6.07, 6.45) is -9.48. The lowest BCUT2D eigenvalue weighted by molar-refractivity contribution is -0.410. The highest BCUT2D eigenvalue weighted by atomic mass is 16.7. The molecule has 5 rings (SSSR count). The van der Waals surface area contributed by atoms with E-state index in [4.69, 9.17) is 37.9 Å². The zero-order chi connectivity index (χ0) is 40.9. The molecule has 0 aromatic heterocycles. The third-order valence-electron chi connectivity index (χ3n) is 13.6. The number of hydrogen-bond acceptors (Lipinski definition) is 15. The summed E-state index contributed by atoms with van der Waals surface area (Å²) < 4.78 is 49.6. The largest absolute Gasteiger partial charge is 0.435 e. The summed E-state index contributed by atoms with van der Waals surface area (Å²) >= 11 is 0. The van der Waals surface area contributed by atoms with Gasteiger partial charge in [-0.1, -0.05) is 41.5 Å². The second-order valence-electron chi connectivity index (χ2n) is 17.7. The lowest BCUT2D eigenvalue weighted by atomic mass is 9.68. The maximum Gasteiger partial charge on any atom is 0.313 e. The second kappa shape index (κ2) is 17.7. The molecule has 6 N–H and O–H groups in total. The summed E-state index contributed by atoms with van der Waals surface area (Å²) in [6.45, 7) is 19.6. The Hall–Kier alpha value is -1.05. The van der Waals surface area contributed by atoms with Gasteiger partial charge in [0.05, 0.1) is 72.6 Å². The van der Waals surface area contributed by atoms with E-state index < -0.39 is 127 Å². The van der Waals surface area contributed by atoms with Crippen LogP contribution in [0.2, 0.25) is 0 Å². The van der Waals surface area contributed by atoms with E-state index in [1.807, 2.05) is 48.5 Å². The molecule has 1 spiro atoms. The van der Waals surface area contributed by atoms with Gasteiger partial charge in [0, 0.05) is 48.9 Å². The van der Waals surface area contributed by atoms with Crippen molar-refractivity contribution in [2.75, 3.05) is 0 Å². The molecule has 0 aromatic carbocycles. The summed E-state index contributed by atoms with van der Waals surface area (Å²) in [5.74, 6) is -5.19. The Morgan fingerprint density at radius 3 is 1.91 bits per heavy atom. The van der Waals surface area contributed by atoms with Crippen LogP contribution in [0.4, 0.5) is 0 Å². The summed E-state index contributed by atoms with van der Waals surface area (Å²) in [7, 11) is 0. The highest BCUT2D eigenvalue weighted by molar-refractivity contribution is 5.73. The molecule has 5 heterocycles. The molecular formula is C40H70O15. The molecule has 5 aliphatic heterocycles. The first kappa shape index (κ1) is 45.0. The molecule has 0 radical (unpaired) electrons. The topological polar surface area (TPSA) is 212 Å². The van der Waals surface area contributed by atoms with Gasteiger partial charge >= 0.3 is 5.97 Å². The average Bonchev–Trinajstić information content (AvgIpc) is 3.12. The normalized spacial score (nSPS) is 51.3. The molecule has 5 fully saturated rings. The Kier molecular flexibility index (Phi) is 14.5. The van der Waals surface area contributed by atoms with E-state index in [-0.39, 0.29) is 30.8 Å². The van der Waals surface area contributed by atoms with E-state index in [2.05, 4.69) is 0 Å². The van der Waals surface area contributed by atoms with Crippen LogP contribution in [0, 0.1) is 35.5 Å². The maximum absolute atomic E-state index is 13.7. The first-order chi connectivity index (χ1) is 25.6. The first-order valence-corrected chi connectivity index (χ1v) is 20.6. The summed E-state index contributed by atoms with van der Waals surface area (Å²) in [5, 5.41) is 65.7. The van der Waals surface area contributed by atoms with Crippen molar-refractivity contribution >= 4 is 5.97 Å². The van der Waals surface area contributed by atoms with E-state index >= 15 is 0 Å². The highest BCUT2D eigenvalue weighted by Gasteiger charge is 2.62. The van der Waals surface area contributed by atoms with E-state index in [9.17, 15) is 35.4 Å². The number of rotatable bonds is 10.